The van der Waals surface area contributed by atoms with Crippen molar-refractivity contribution >= 4 is 33.5 Å². The molecule has 4 nitrogen and oxygen atoms in total. The summed E-state index contributed by atoms with van der Waals surface area (Å²) in [5.74, 6) is 0.0944. The van der Waals surface area contributed by atoms with Crippen LogP contribution in [0, 0.1) is 0 Å². The molecule has 2 aromatic rings. The highest BCUT2D eigenvalue weighted by molar-refractivity contribution is 9.10. The molecular weight excluding hydrogens is 360 g/mol. The van der Waals surface area contributed by atoms with E-state index >= 15 is 0 Å². The van der Waals surface area contributed by atoms with Crippen LogP contribution >= 0.6 is 27.5 Å². The van der Waals surface area contributed by atoms with Crippen molar-refractivity contribution in [3.8, 4) is 11.5 Å². The molecule has 0 amide bonds. The minimum atomic E-state index is -1.09. The number of hydrogen-bond acceptors (Lipinski definition) is 3. The molecule has 21 heavy (non-hydrogen) atoms. The van der Waals surface area contributed by atoms with Gasteiger partial charge in [-0.2, -0.15) is 0 Å². The molecule has 0 unspecified atom stereocenters. The molecule has 0 bridgehead atoms. The van der Waals surface area contributed by atoms with Crippen molar-refractivity contribution in [2.75, 3.05) is 13.2 Å². The lowest BCUT2D eigenvalue weighted by Gasteiger charge is -2.09. The molecule has 0 aliphatic carbocycles. The molecule has 0 fully saturated rings. The van der Waals surface area contributed by atoms with Crippen molar-refractivity contribution in [1.82, 2.24) is 0 Å². The Bertz CT molecular complexity index is 628. The van der Waals surface area contributed by atoms with Crippen molar-refractivity contribution in [2.24, 2.45) is 0 Å². The molecule has 0 aliphatic rings. The molecular formula is C15H12BrClO4. The standard InChI is InChI=1S/C15H12BrClO4/c16-10-1-3-11(4-2-10)20-7-8-21-12-5-6-14(17)13(9-12)15(18)19/h1-6,9H,7-8H2,(H,18,19). The Kier molecular flexibility index (Phi) is 5.47. The zero-order valence-electron chi connectivity index (χ0n) is 10.9. The van der Waals surface area contributed by atoms with Crippen LogP contribution in [0.25, 0.3) is 0 Å². The molecule has 0 aromatic heterocycles. The zero-order chi connectivity index (χ0) is 15.2. The summed E-state index contributed by atoms with van der Waals surface area (Å²) in [4.78, 5) is 10.9. The van der Waals surface area contributed by atoms with Crippen LogP contribution in [0.4, 0.5) is 0 Å². The van der Waals surface area contributed by atoms with E-state index in [1.54, 1.807) is 6.07 Å². The number of aromatic carboxylic acids is 1. The maximum Gasteiger partial charge on any atom is 0.337 e. The van der Waals surface area contributed by atoms with E-state index in [4.69, 9.17) is 26.2 Å². The van der Waals surface area contributed by atoms with Crippen LogP contribution in [0.15, 0.2) is 46.9 Å². The fourth-order valence-corrected chi connectivity index (χ4v) is 2.07. The van der Waals surface area contributed by atoms with Crippen LogP contribution < -0.4 is 9.47 Å². The first-order valence-corrected chi connectivity index (χ1v) is 7.27. The number of hydrogen-bond donors (Lipinski definition) is 1. The largest absolute Gasteiger partial charge is 0.490 e. The highest BCUT2D eigenvalue weighted by atomic mass is 79.9. The van der Waals surface area contributed by atoms with E-state index in [9.17, 15) is 4.79 Å². The third-order valence-corrected chi connectivity index (χ3v) is 3.46. The molecule has 6 heteroatoms. The van der Waals surface area contributed by atoms with Crippen LogP contribution in [0.2, 0.25) is 5.02 Å². The fraction of sp³-hybridized carbons (Fsp3) is 0.133. The number of carboxylic acids is 1. The number of benzene rings is 2. The molecule has 2 rings (SSSR count). The minimum absolute atomic E-state index is 0.0167. The van der Waals surface area contributed by atoms with E-state index in [1.165, 1.54) is 12.1 Å². The lowest BCUT2D eigenvalue weighted by atomic mass is 10.2. The van der Waals surface area contributed by atoms with Gasteiger partial charge in [0.15, 0.2) is 0 Å². The summed E-state index contributed by atoms with van der Waals surface area (Å²) >= 11 is 9.12. The van der Waals surface area contributed by atoms with Crippen LogP contribution in [-0.2, 0) is 0 Å². The summed E-state index contributed by atoms with van der Waals surface area (Å²) in [6.45, 7) is 0.656. The number of rotatable bonds is 6. The summed E-state index contributed by atoms with van der Waals surface area (Å²) in [6, 6.07) is 12.0. The maximum atomic E-state index is 10.9. The summed E-state index contributed by atoms with van der Waals surface area (Å²) < 4.78 is 11.9. The summed E-state index contributed by atoms with van der Waals surface area (Å²) in [5.41, 5.74) is 0.0167. The average Bonchev–Trinajstić information content (AvgIpc) is 2.46. The molecule has 0 saturated heterocycles. The Labute approximate surface area is 135 Å². The average molecular weight is 372 g/mol. The second-order valence-electron chi connectivity index (χ2n) is 4.10. The van der Waals surface area contributed by atoms with E-state index in [0.717, 1.165) is 10.2 Å². The first kappa shape index (κ1) is 15.7. The molecule has 0 radical (unpaired) electrons. The van der Waals surface area contributed by atoms with Gasteiger partial charge in [-0.1, -0.05) is 27.5 Å². The summed E-state index contributed by atoms with van der Waals surface area (Å²) in [7, 11) is 0. The van der Waals surface area contributed by atoms with E-state index in [-0.39, 0.29) is 10.6 Å². The Morgan fingerprint density at radius 3 is 2.24 bits per heavy atom. The molecule has 0 aliphatic heterocycles. The van der Waals surface area contributed by atoms with E-state index in [0.29, 0.717) is 19.0 Å². The van der Waals surface area contributed by atoms with Crippen LogP contribution in [0.1, 0.15) is 10.4 Å². The molecule has 0 heterocycles. The van der Waals surface area contributed by atoms with Crippen LogP contribution in [0.3, 0.4) is 0 Å². The van der Waals surface area contributed by atoms with Gasteiger partial charge in [0.2, 0.25) is 0 Å². The first-order valence-electron chi connectivity index (χ1n) is 6.10. The van der Waals surface area contributed by atoms with Crippen molar-refractivity contribution in [2.45, 2.75) is 0 Å². The minimum Gasteiger partial charge on any atom is -0.490 e. The highest BCUT2D eigenvalue weighted by Crippen LogP contribution is 2.22. The maximum absolute atomic E-state index is 10.9. The van der Waals surface area contributed by atoms with E-state index in [2.05, 4.69) is 15.9 Å². The van der Waals surface area contributed by atoms with Crippen molar-refractivity contribution in [3.63, 3.8) is 0 Å². The zero-order valence-corrected chi connectivity index (χ0v) is 13.2. The Hall–Kier alpha value is -1.72. The monoisotopic (exact) mass is 370 g/mol. The smallest absolute Gasteiger partial charge is 0.337 e. The van der Waals surface area contributed by atoms with Gasteiger partial charge >= 0.3 is 5.97 Å². The van der Waals surface area contributed by atoms with Gasteiger partial charge in [-0.15, -0.1) is 0 Å². The van der Waals surface area contributed by atoms with Gasteiger partial charge in [-0.3, -0.25) is 0 Å². The lowest BCUT2D eigenvalue weighted by Crippen LogP contribution is -2.09. The predicted octanol–water partition coefficient (Wildman–Crippen LogP) is 4.26. The van der Waals surface area contributed by atoms with Gasteiger partial charge < -0.3 is 14.6 Å². The molecule has 0 spiro atoms. The fourth-order valence-electron chi connectivity index (χ4n) is 1.61. The van der Waals surface area contributed by atoms with Gasteiger partial charge in [0.25, 0.3) is 0 Å². The predicted molar refractivity (Wildman–Crippen MR) is 83.5 cm³/mol. The highest BCUT2D eigenvalue weighted by Gasteiger charge is 2.09. The third kappa shape index (κ3) is 4.65. The Morgan fingerprint density at radius 2 is 1.62 bits per heavy atom. The number of carboxylic acid groups (broad SMARTS) is 1. The number of carbonyl (C=O) groups is 1. The molecule has 0 saturated carbocycles. The third-order valence-electron chi connectivity index (χ3n) is 2.60. The molecule has 2 aromatic carbocycles. The second kappa shape index (κ2) is 7.33. The van der Waals surface area contributed by atoms with Crippen LogP contribution in [0.5, 0.6) is 11.5 Å². The van der Waals surface area contributed by atoms with Crippen molar-refractivity contribution in [3.05, 3.63) is 57.5 Å². The Morgan fingerprint density at radius 1 is 1.05 bits per heavy atom. The Balaban J connectivity index is 1.85. The molecule has 1 N–H and O–H groups in total. The van der Waals surface area contributed by atoms with Gasteiger partial charge in [0, 0.05) is 4.47 Å². The van der Waals surface area contributed by atoms with E-state index in [1.807, 2.05) is 24.3 Å². The number of ether oxygens (including phenoxy) is 2. The SMILES string of the molecule is O=C(O)c1cc(OCCOc2ccc(Br)cc2)ccc1Cl. The van der Waals surface area contributed by atoms with Gasteiger partial charge in [0.1, 0.15) is 24.7 Å². The van der Waals surface area contributed by atoms with Gasteiger partial charge in [-0.05, 0) is 42.5 Å². The quantitative estimate of drug-likeness (QED) is 0.771. The molecule has 110 valence electrons. The van der Waals surface area contributed by atoms with Gasteiger partial charge in [0.05, 0.1) is 10.6 Å². The second-order valence-corrected chi connectivity index (χ2v) is 5.42. The van der Waals surface area contributed by atoms with Gasteiger partial charge in [-0.25, -0.2) is 4.79 Å². The van der Waals surface area contributed by atoms with E-state index < -0.39 is 5.97 Å². The summed E-state index contributed by atoms with van der Waals surface area (Å²) in [5, 5.41) is 9.15. The number of halogens is 2. The topological polar surface area (TPSA) is 55.8 Å². The normalized spacial score (nSPS) is 10.2. The van der Waals surface area contributed by atoms with Crippen LogP contribution in [-0.4, -0.2) is 24.3 Å². The first-order chi connectivity index (χ1) is 10.1. The lowest BCUT2D eigenvalue weighted by molar-refractivity contribution is 0.0696. The van der Waals surface area contributed by atoms with Crippen molar-refractivity contribution in [1.29, 1.82) is 0 Å². The van der Waals surface area contributed by atoms with Crippen molar-refractivity contribution < 1.29 is 19.4 Å². The summed E-state index contributed by atoms with van der Waals surface area (Å²) in [6.07, 6.45) is 0. The molecule has 0 atom stereocenters.